The van der Waals surface area contributed by atoms with E-state index in [1.165, 1.54) is 12.8 Å². The summed E-state index contributed by atoms with van der Waals surface area (Å²) >= 11 is 6.06. The van der Waals surface area contributed by atoms with Crippen molar-refractivity contribution in [3.8, 4) is 0 Å². The molecule has 1 aliphatic rings. The molecule has 2 N–H and O–H groups in total. The van der Waals surface area contributed by atoms with Crippen molar-refractivity contribution in [3.63, 3.8) is 0 Å². The Balaban J connectivity index is 1.82. The van der Waals surface area contributed by atoms with Gasteiger partial charge in [0.1, 0.15) is 6.54 Å². The Hall–Kier alpha value is -1.07. The Morgan fingerprint density at radius 3 is 2.95 bits per heavy atom. The van der Waals surface area contributed by atoms with Crippen molar-refractivity contribution in [2.45, 2.75) is 33.2 Å². The zero-order valence-corrected chi connectivity index (χ0v) is 12.3. The second-order valence-corrected chi connectivity index (χ2v) is 5.54. The van der Waals surface area contributed by atoms with Gasteiger partial charge in [-0.1, -0.05) is 11.6 Å². The van der Waals surface area contributed by atoms with Crippen LogP contribution >= 0.6 is 11.6 Å². The van der Waals surface area contributed by atoms with Gasteiger partial charge < -0.3 is 10.6 Å². The van der Waals surface area contributed by atoms with Crippen LogP contribution in [0.3, 0.4) is 0 Å². The summed E-state index contributed by atoms with van der Waals surface area (Å²) in [5, 5.41) is 11.2. The maximum atomic E-state index is 11.9. The zero-order chi connectivity index (χ0) is 13.8. The predicted octanol–water partition coefficient (Wildman–Crippen LogP) is 1.27. The molecule has 2 rings (SSSR count). The van der Waals surface area contributed by atoms with Crippen LogP contribution in [0.5, 0.6) is 0 Å². The van der Waals surface area contributed by atoms with Gasteiger partial charge in [-0.25, -0.2) is 0 Å². The summed E-state index contributed by atoms with van der Waals surface area (Å²) in [6.07, 6.45) is 2.37. The SMILES string of the molecule is Cc1nn(CC(=O)NCC2CCCNC2)c(C)c1Cl. The van der Waals surface area contributed by atoms with Crippen molar-refractivity contribution in [1.82, 2.24) is 20.4 Å². The first-order valence-corrected chi connectivity index (χ1v) is 7.12. The molecule has 0 radical (unpaired) electrons. The topological polar surface area (TPSA) is 59.0 Å². The summed E-state index contributed by atoms with van der Waals surface area (Å²) in [7, 11) is 0. The highest BCUT2D eigenvalue weighted by Crippen LogP contribution is 2.18. The number of piperidine rings is 1. The van der Waals surface area contributed by atoms with E-state index in [2.05, 4.69) is 15.7 Å². The highest BCUT2D eigenvalue weighted by molar-refractivity contribution is 6.31. The monoisotopic (exact) mass is 284 g/mol. The average Bonchev–Trinajstić information content (AvgIpc) is 2.65. The number of hydrogen-bond donors (Lipinski definition) is 2. The largest absolute Gasteiger partial charge is 0.354 e. The number of carbonyl (C=O) groups excluding carboxylic acids is 1. The summed E-state index contributed by atoms with van der Waals surface area (Å²) in [5.74, 6) is 0.537. The van der Waals surface area contributed by atoms with E-state index in [4.69, 9.17) is 11.6 Å². The number of nitrogens with one attached hydrogen (secondary N) is 2. The van der Waals surface area contributed by atoms with E-state index in [1.807, 2.05) is 13.8 Å². The maximum absolute atomic E-state index is 11.9. The molecule has 1 amide bonds. The van der Waals surface area contributed by atoms with Gasteiger partial charge in [0.05, 0.1) is 16.4 Å². The fourth-order valence-electron chi connectivity index (χ4n) is 2.38. The smallest absolute Gasteiger partial charge is 0.241 e. The van der Waals surface area contributed by atoms with Gasteiger partial charge >= 0.3 is 0 Å². The first-order valence-electron chi connectivity index (χ1n) is 6.75. The summed E-state index contributed by atoms with van der Waals surface area (Å²) in [6, 6.07) is 0. The van der Waals surface area contributed by atoms with Crippen molar-refractivity contribution in [1.29, 1.82) is 0 Å². The lowest BCUT2D eigenvalue weighted by molar-refractivity contribution is -0.122. The van der Waals surface area contributed by atoms with Gasteiger partial charge in [0.2, 0.25) is 5.91 Å². The third-order valence-electron chi connectivity index (χ3n) is 3.57. The third kappa shape index (κ3) is 3.70. The van der Waals surface area contributed by atoms with Crippen LogP contribution < -0.4 is 10.6 Å². The molecular weight excluding hydrogens is 264 g/mol. The molecule has 19 heavy (non-hydrogen) atoms. The summed E-state index contributed by atoms with van der Waals surface area (Å²) in [4.78, 5) is 11.9. The highest BCUT2D eigenvalue weighted by Gasteiger charge is 2.15. The first-order chi connectivity index (χ1) is 9.08. The molecule has 6 heteroatoms. The summed E-state index contributed by atoms with van der Waals surface area (Å²) < 4.78 is 1.66. The van der Waals surface area contributed by atoms with Crippen molar-refractivity contribution in [2.75, 3.05) is 19.6 Å². The standard InChI is InChI=1S/C13H21ClN4O/c1-9-13(14)10(2)18(17-9)8-12(19)16-7-11-4-3-5-15-6-11/h11,15H,3-8H2,1-2H3,(H,16,19). The van der Waals surface area contributed by atoms with Crippen molar-refractivity contribution >= 4 is 17.5 Å². The van der Waals surface area contributed by atoms with Crippen LogP contribution in [-0.4, -0.2) is 35.3 Å². The molecule has 0 spiro atoms. The molecule has 1 atom stereocenters. The number of carbonyl (C=O) groups is 1. The molecule has 1 aromatic rings. The van der Waals surface area contributed by atoms with Crippen molar-refractivity contribution in [3.05, 3.63) is 16.4 Å². The van der Waals surface area contributed by atoms with E-state index < -0.39 is 0 Å². The Morgan fingerprint density at radius 2 is 2.37 bits per heavy atom. The zero-order valence-electron chi connectivity index (χ0n) is 11.5. The molecule has 5 nitrogen and oxygen atoms in total. The van der Waals surface area contributed by atoms with E-state index in [1.54, 1.807) is 4.68 Å². The lowest BCUT2D eigenvalue weighted by Crippen LogP contribution is -2.39. The fraction of sp³-hybridized carbons (Fsp3) is 0.692. The molecule has 2 heterocycles. The Morgan fingerprint density at radius 1 is 1.58 bits per heavy atom. The highest BCUT2D eigenvalue weighted by atomic mass is 35.5. The Bertz CT molecular complexity index is 452. The number of nitrogens with zero attached hydrogens (tertiary/aromatic N) is 2. The second-order valence-electron chi connectivity index (χ2n) is 5.16. The van der Waals surface area contributed by atoms with Crippen LogP contribution in [0.15, 0.2) is 0 Å². The van der Waals surface area contributed by atoms with E-state index in [0.717, 1.165) is 31.0 Å². The minimum atomic E-state index is -0.00663. The average molecular weight is 285 g/mol. The normalized spacial score (nSPS) is 19.4. The Labute approximate surface area is 118 Å². The van der Waals surface area contributed by atoms with Gasteiger partial charge in [-0.15, -0.1) is 0 Å². The third-order valence-corrected chi connectivity index (χ3v) is 4.12. The van der Waals surface area contributed by atoms with Gasteiger partial charge in [-0.3, -0.25) is 9.48 Å². The molecule has 1 aromatic heterocycles. The molecular formula is C13H21ClN4O. The van der Waals surface area contributed by atoms with Gasteiger partial charge in [0.25, 0.3) is 0 Å². The second kappa shape index (κ2) is 6.39. The Kier molecular flexibility index (Phi) is 4.82. The van der Waals surface area contributed by atoms with Crippen LogP contribution in [-0.2, 0) is 11.3 Å². The van der Waals surface area contributed by atoms with Crippen LogP contribution in [0.2, 0.25) is 5.02 Å². The molecule has 0 bridgehead atoms. The summed E-state index contributed by atoms with van der Waals surface area (Å²) in [6.45, 7) is 6.78. The minimum absolute atomic E-state index is 0.00663. The molecule has 1 aliphatic heterocycles. The molecule has 0 aliphatic carbocycles. The number of halogens is 1. The van der Waals surface area contributed by atoms with Gasteiger partial charge in [-0.05, 0) is 45.7 Å². The molecule has 1 unspecified atom stereocenters. The van der Waals surface area contributed by atoms with Crippen LogP contribution in [0, 0.1) is 19.8 Å². The molecule has 0 saturated carbocycles. The van der Waals surface area contributed by atoms with E-state index in [0.29, 0.717) is 10.9 Å². The quantitative estimate of drug-likeness (QED) is 0.875. The van der Waals surface area contributed by atoms with Gasteiger partial charge in [0.15, 0.2) is 0 Å². The van der Waals surface area contributed by atoms with Crippen LogP contribution in [0.25, 0.3) is 0 Å². The molecule has 0 aromatic carbocycles. The number of rotatable bonds is 4. The first kappa shape index (κ1) is 14.3. The molecule has 1 saturated heterocycles. The summed E-state index contributed by atoms with van der Waals surface area (Å²) in [5.41, 5.74) is 1.61. The molecule has 106 valence electrons. The van der Waals surface area contributed by atoms with Gasteiger partial charge in [-0.2, -0.15) is 5.10 Å². The fourth-order valence-corrected chi connectivity index (χ4v) is 2.51. The number of aryl methyl sites for hydroxylation is 1. The number of aromatic nitrogens is 2. The van der Waals surface area contributed by atoms with Gasteiger partial charge in [0, 0.05) is 6.54 Å². The van der Waals surface area contributed by atoms with Crippen molar-refractivity contribution in [2.24, 2.45) is 5.92 Å². The number of amides is 1. The van der Waals surface area contributed by atoms with E-state index in [-0.39, 0.29) is 12.5 Å². The lowest BCUT2D eigenvalue weighted by atomic mass is 10.00. The molecule has 1 fully saturated rings. The lowest BCUT2D eigenvalue weighted by Gasteiger charge is -2.22. The van der Waals surface area contributed by atoms with Crippen molar-refractivity contribution < 1.29 is 4.79 Å². The maximum Gasteiger partial charge on any atom is 0.241 e. The van der Waals surface area contributed by atoms with Crippen LogP contribution in [0.4, 0.5) is 0 Å². The minimum Gasteiger partial charge on any atom is -0.354 e. The van der Waals surface area contributed by atoms with E-state index >= 15 is 0 Å². The number of hydrogen-bond acceptors (Lipinski definition) is 3. The van der Waals surface area contributed by atoms with E-state index in [9.17, 15) is 4.79 Å². The van der Waals surface area contributed by atoms with Crippen LogP contribution in [0.1, 0.15) is 24.2 Å². The predicted molar refractivity (Wildman–Crippen MR) is 75.3 cm³/mol.